The summed E-state index contributed by atoms with van der Waals surface area (Å²) in [6.45, 7) is 3.09. The Hall–Kier alpha value is -1.62. The molecule has 0 spiro atoms. The lowest BCUT2D eigenvalue weighted by atomic mass is 9.97. The van der Waals surface area contributed by atoms with Crippen LogP contribution in [0.15, 0.2) is 24.3 Å². The van der Waals surface area contributed by atoms with Gasteiger partial charge < -0.3 is 15.0 Å². The lowest BCUT2D eigenvalue weighted by Gasteiger charge is -2.34. The number of rotatable bonds is 4. The molecule has 1 N–H and O–H groups in total. The first-order chi connectivity index (χ1) is 11.2. The van der Waals surface area contributed by atoms with Crippen molar-refractivity contribution < 1.29 is 13.9 Å². The molecular weight excluding hydrogens is 295 g/mol. The molecule has 23 heavy (non-hydrogen) atoms. The minimum atomic E-state index is -0.174. The monoisotopic (exact) mass is 320 g/mol. The number of piperidine rings is 1. The van der Waals surface area contributed by atoms with Crippen LogP contribution in [0.5, 0.6) is 0 Å². The van der Waals surface area contributed by atoms with Crippen LogP contribution in [0, 0.1) is 11.7 Å². The Bertz CT molecular complexity index is 524. The standard InChI is InChI=1S/C18H25FN2O2/c19-16-5-1-2-6-17(16)21-9-7-15(8-10-21)20-18(22)12-14-4-3-11-23-13-14/h1-2,5-6,14-15H,3-4,7-13H2,(H,20,22)/t14-/m0/s1. The van der Waals surface area contributed by atoms with E-state index in [-0.39, 0.29) is 17.8 Å². The maximum atomic E-state index is 13.8. The highest BCUT2D eigenvalue weighted by Crippen LogP contribution is 2.23. The van der Waals surface area contributed by atoms with Gasteiger partial charge in [0.25, 0.3) is 0 Å². The minimum Gasteiger partial charge on any atom is -0.381 e. The van der Waals surface area contributed by atoms with E-state index in [4.69, 9.17) is 4.74 Å². The molecule has 0 aliphatic carbocycles. The molecule has 2 aliphatic rings. The lowest BCUT2D eigenvalue weighted by molar-refractivity contribution is -0.123. The van der Waals surface area contributed by atoms with Gasteiger partial charge in [0, 0.05) is 38.8 Å². The molecule has 0 aromatic heterocycles. The molecule has 1 amide bonds. The smallest absolute Gasteiger partial charge is 0.220 e. The Kier molecular flexibility index (Phi) is 5.49. The maximum absolute atomic E-state index is 13.8. The number of carbonyl (C=O) groups excluding carboxylic acids is 1. The summed E-state index contributed by atoms with van der Waals surface area (Å²) in [7, 11) is 0. The van der Waals surface area contributed by atoms with Crippen LogP contribution in [-0.2, 0) is 9.53 Å². The molecule has 4 nitrogen and oxygen atoms in total. The molecule has 2 saturated heterocycles. The topological polar surface area (TPSA) is 41.6 Å². The van der Waals surface area contributed by atoms with E-state index in [9.17, 15) is 9.18 Å². The van der Waals surface area contributed by atoms with Gasteiger partial charge in [-0.2, -0.15) is 0 Å². The van der Waals surface area contributed by atoms with Gasteiger partial charge in [0.2, 0.25) is 5.91 Å². The summed E-state index contributed by atoms with van der Waals surface area (Å²) in [4.78, 5) is 14.2. The van der Waals surface area contributed by atoms with Crippen LogP contribution in [0.3, 0.4) is 0 Å². The average molecular weight is 320 g/mol. The SMILES string of the molecule is O=C(C[C@@H]1CCCOC1)NC1CCN(c2ccccc2F)CC1. The third-order valence-electron chi connectivity index (χ3n) is 4.78. The molecule has 126 valence electrons. The van der Waals surface area contributed by atoms with Crippen molar-refractivity contribution in [2.24, 2.45) is 5.92 Å². The normalized spacial score (nSPS) is 22.8. The van der Waals surface area contributed by atoms with Crippen molar-refractivity contribution in [2.45, 2.75) is 38.1 Å². The first kappa shape index (κ1) is 16.2. The van der Waals surface area contributed by atoms with Crippen molar-refractivity contribution >= 4 is 11.6 Å². The van der Waals surface area contributed by atoms with Crippen LogP contribution in [0.2, 0.25) is 0 Å². The lowest BCUT2D eigenvalue weighted by Crippen LogP contribution is -2.45. The molecule has 2 fully saturated rings. The number of amides is 1. The summed E-state index contributed by atoms with van der Waals surface area (Å²) in [6.07, 6.45) is 4.42. The molecule has 2 aliphatic heterocycles. The Morgan fingerprint density at radius 1 is 1.26 bits per heavy atom. The van der Waals surface area contributed by atoms with Crippen LogP contribution in [0.1, 0.15) is 32.1 Å². The highest BCUT2D eigenvalue weighted by atomic mass is 19.1. The van der Waals surface area contributed by atoms with Crippen molar-refractivity contribution in [1.29, 1.82) is 0 Å². The molecule has 0 radical (unpaired) electrons. The number of ether oxygens (including phenoxy) is 1. The van der Waals surface area contributed by atoms with Crippen LogP contribution in [0.25, 0.3) is 0 Å². The van der Waals surface area contributed by atoms with Crippen molar-refractivity contribution in [3.05, 3.63) is 30.1 Å². The van der Waals surface area contributed by atoms with Crippen molar-refractivity contribution in [3.8, 4) is 0 Å². The fraction of sp³-hybridized carbons (Fsp3) is 0.611. The van der Waals surface area contributed by atoms with Gasteiger partial charge in [0.15, 0.2) is 0 Å². The van der Waals surface area contributed by atoms with Gasteiger partial charge in [0.05, 0.1) is 5.69 Å². The van der Waals surface area contributed by atoms with E-state index >= 15 is 0 Å². The fourth-order valence-corrected chi connectivity index (χ4v) is 3.49. The molecule has 0 unspecified atom stereocenters. The molecule has 5 heteroatoms. The number of benzene rings is 1. The second-order valence-corrected chi connectivity index (χ2v) is 6.57. The second kappa shape index (κ2) is 7.77. The highest BCUT2D eigenvalue weighted by molar-refractivity contribution is 5.76. The highest BCUT2D eigenvalue weighted by Gasteiger charge is 2.24. The average Bonchev–Trinajstić information content (AvgIpc) is 2.57. The predicted molar refractivity (Wildman–Crippen MR) is 87.9 cm³/mol. The summed E-state index contributed by atoms with van der Waals surface area (Å²) < 4.78 is 19.2. The molecular formula is C18H25FN2O2. The van der Waals surface area contributed by atoms with E-state index in [2.05, 4.69) is 10.2 Å². The quantitative estimate of drug-likeness (QED) is 0.927. The molecule has 0 saturated carbocycles. The Labute approximate surface area is 137 Å². The number of nitrogens with zero attached hydrogens (tertiary/aromatic N) is 1. The molecule has 2 heterocycles. The van der Waals surface area contributed by atoms with Gasteiger partial charge in [-0.1, -0.05) is 12.1 Å². The molecule has 3 rings (SSSR count). The molecule has 1 atom stereocenters. The molecule has 1 aromatic carbocycles. The Morgan fingerprint density at radius 3 is 2.74 bits per heavy atom. The van der Waals surface area contributed by atoms with Crippen LogP contribution < -0.4 is 10.2 Å². The van der Waals surface area contributed by atoms with E-state index in [0.29, 0.717) is 24.6 Å². The number of hydrogen-bond donors (Lipinski definition) is 1. The van der Waals surface area contributed by atoms with Crippen LogP contribution >= 0.6 is 0 Å². The zero-order valence-electron chi connectivity index (χ0n) is 13.5. The maximum Gasteiger partial charge on any atom is 0.220 e. The van der Waals surface area contributed by atoms with Gasteiger partial charge in [-0.15, -0.1) is 0 Å². The summed E-state index contributed by atoms with van der Waals surface area (Å²) in [5.74, 6) is 0.319. The van der Waals surface area contributed by atoms with Gasteiger partial charge >= 0.3 is 0 Å². The number of anilines is 1. The summed E-state index contributed by atoms with van der Waals surface area (Å²) in [5, 5.41) is 3.14. The number of hydrogen-bond acceptors (Lipinski definition) is 3. The molecule has 1 aromatic rings. The Balaban J connectivity index is 1.44. The minimum absolute atomic E-state index is 0.129. The third-order valence-corrected chi connectivity index (χ3v) is 4.78. The van der Waals surface area contributed by atoms with Gasteiger partial charge in [0.1, 0.15) is 5.82 Å². The van der Waals surface area contributed by atoms with E-state index in [1.807, 2.05) is 12.1 Å². The van der Waals surface area contributed by atoms with Crippen LogP contribution in [0.4, 0.5) is 10.1 Å². The van der Waals surface area contributed by atoms with Crippen LogP contribution in [-0.4, -0.2) is 38.3 Å². The predicted octanol–water partition coefficient (Wildman–Crippen LogP) is 2.73. The fourth-order valence-electron chi connectivity index (χ4n) is 3.49. The number of halogens is 1. The van der Waals surface area contributed by atoms with E-state index < -0.39 is 0 Å². The van der Waals surface area contributed by atoms with Gasteiger partial charge in [-0.05, 0) is 43.7 Å². The summed E-state index contributed by atoms with van der Waals surface area (Å²) in [5.41, 5.74) is 0.664. The van der Waals surface area contributed by atoms with E-state index in [0.717, 1.165) is 45.4 Å². The van der Waals surface area contributed by atoms with Crippen molar-refractivity contribution in [3.63, 3.8) is 0 Å². The summed E-state index contributed by atoms with van der Waals surface area (Å²) >= 11 is 0. The first-order valence-electron chi connectivity index (χ1n) is 8.59. The Morgan fingerprint density at radius 2 is 2.04 bits per heavy atom. The van der Waals surface area contributed by atoms with E-state index in [1.54, 1.807) is 6.07 Å². The zero-order valence-corrected chi connectivity index (χ0v) is 13.5. The number of nitrogens with one attached hydrogen (secondary N) is 1. The number of carbonyl (C=O) groups is 1. The summed E-state index contributed by atoms with van der Waals surface area (Å²) in [6, 6.07) is 7.08. The largest absolute Gasteiger partial charge is 0.381 e. The third kappa shape index (κ3) is 4.44. The van der Waals surface area contributed by atoms with Crippen molar-refractivity contribution in [2.75, 3.05) is 31.2 Å². The first-order valence-corrected chi connectivity index (χ1v) is 8.59. The van der Waals surface area contributed by atoms with Crippen molar-refractivity contribution in [1.82, 2.24) is 5.32 Å². The number of para-hydroxylation sites is 1. The second-order valence-electron chi connectivity index (χ2n) is 6.57. The van der Waals surface area contributed by atoms with Gasteiger partial charge in [-0.25, -0.2) is 4.39 Å². The molecule has 0 bridgehead atoms. The zero-order chi connectivity index (χ0) is 16.1. The van der Waals surface area contributed by atoms with E-state index in [1.165, 1.54) is 6.07 Å². The van der Waals surface area contributed by atoms with Gasteiger partial charge in [-0.3, -0.25) is 4.79 Å².